The molecule has 3 nitrogen and oxygen atoms in total. The van der Waals surface area contributed by atoms with Crippen LogP contribution in [-0.4, -0.2) is 0 Å². The lowest BCUT2D eigenvalue weighted by molar-refractivity contribution is 0.532. The number of benzene rings is 2. The molecule has 2 aromatic heterocycles. The van der Waals surface area contributed by atoms with Crippen LogP contribution < -0.4 is 5.63 Å². The zero-order valence-corrected chi connectivity index (χ0v) is 14.1. The van der Waals surface area contributed by atoms with Crippen LogP contribution in [0.25, 0.3) is 33.1 Å². The lowest BCUT2D eigenvalue weighted by atomic mass is 9.89. The summed E-state index contributed by atoms with van der Waals surface area (Å²) in [5, 5.41) is 2.09. The molecule has 0 amide bonds. The predicted octanol–water partition coefficient (Wildman–Crippen LogP) is 5.39. The largest absolute Gasteiger partial charge is 0.463 e. The highest BCUT2D eigenvalue weighted by atomic mass is 16.4. The van der Waals surface area contributed by atoms with Gasteiger partial charge in [0.1, 0.15) is 11.2 Å². The average molecular weight is 330 g/mol. The molecule has 0 atom stereocenters. The van der Waals surface area contributed by atoms with Crippen LogP contribution in [0.2, 0.25) is 0 Å². The maximum Gasteiger partial charge on any atom is 0.339 e. The van der Waals surface area contributed by atoms with Crippen molar-refractivity contribution < 1.29 is 8.83 Å². The van der Waals surface area contributed by atoms with E-state index in [0.29, 0.717) is 5.58 Å². The molecule has 0 aliphatic heterocycles. The topological polar surface area (TPSA) is 43.4 Å². The Bertz CT molecular complexity index is 1160. The molecule has 124 valence electrons. The molecule has 5 rings (SSSR count). The standard InChI is InChI=1S/C22H18O3/c1-13-11-18-20(15-9-5-6-10-16(15)22(23)25-18)21-19(13)17(12-24-21)14-7-3-2-4-8-14/h2-4,7-8,11-12H,5-6,9-10H2,1H3. The van der Waals surface area contributed by atoms with Crippen LogP contribution in [0, 0.1) is 6.92 Å². The first-order chi connectivity index (χ1) is 12.2. The highest BCUT2D eigenvalue weighted by molar-refractivity contribution is 6.11. The van der Waals surface area contributed by atoms with Gasteiger partial charge in [0.05, 0.1) is 11.6 Å². The number of hydrogen-bond donors (Lipinski definition) is 0. The van der Waals surface area contributed by atoms with E-state index in [2.05, 4.69) is 12.1 Å². The molecule has 25 heavy (non-hydrogen) atoms. The van der Waals surface area contributed by atoms with Gasteiger partial charge in [-0.05, 0) is 55.4 Å². The minimum absolute atomic E-state index is 0.184. The molecule has 0 saturated heterocycles. The third-order valence-corrected chi connectivity index (χ3v) is 5.31. The number of rotatable bonds is 1. The normalized spacial score (nSPS) is 14.1. The first kappa shape index (κ1) is 14.5. The number of fused-ring (bicyclic) bond motifs is 5. The molecule has 1 aliphatic rings. The van der Waals surface area contributed by atoms with Crippen molar-refractivity contribution in [3.8, 4) is 11.1 Å². The summed E-state index contributed by atoms with van der Waals surface area (Å²) in [6.45, 7) is 2.04. The molecular weight excluding hydrogens is 312 g/mol. The molecule has 3 heteroatoms. The van der Waals surface area contributed by atoms with Crippen LogP contribution in [0.1, 0.15) is 29.5 Å². The van der Waals surface area contributed by atoms with E-state index in [9.17, 15) is 4.79 Å². The van der Waals surface area contributed by atoms with Gasteiger partial charge >= 0.3 is 5.63 Å². The van der Waals surface area contributed by atoms with Gasteiger partial charge in [-0.15, -0.1) is 0 Å². The Balaban J connectivity index is 1.93. The van der Waals surface area contributed by atoms with Crippen molar-refractivity contribution in [2.45, 2.75) is 32.6 Å². The van der Waals surface area contributed by atoms with Gasteiger partial charge in [-0.3, -0.25) is 0 Å². The number of aryl methyl sites for hydroxylation is 2. The van der Waals surface area contributed by atoms with Crippen LogP contribution in [-0.2, 0) is 12.8 Å². The molecule has 4 aromatic rings. The van der Waals surface area contributed by atoms with Crippen LogP contribution in [0.4, 0.5) is 0 Å². The van der Waals surface area contributed by atoms with E-state index in [1.807, 2.05) is 37.5 Å². The fraction of sp³-hybridized carbons (Fsp3) is 0.227. The second-order valence-electron chi connectivity index (χ2n) is 6.84. The quantitative estimate of drug-likeness (QED) is 0.439. The van der Waals surface area contributed by atoms with E-state index in [0.717, 1.165) is 69.9 Å². The summed E-state index contributed by atoms with van der Waals surface area (Å²) in [6.07, 6.45) is 5.69. The maximum absolute atomic E-state index is 12.4. The average Bonchev–Trinajstić information content (AvgIpc) is 3.08. The van der Waals surface area contributed by atoms with Crippen molar-refractivity contribution >= 4 is 21.9 Å². The molecule has 2 heterocycles. The summed E-state index contributed by atoms with van der Waals surface area (Å²) in [6, 6.07) is 12.2. The zero-order chi connectivity index (χ0) is 17.0. The molecule has 0 unspecified atom stereocenters. The fourth-order valence-corrected chi connectivity index (χ4v) is 4.15. The molecule has 0 bridgehead atoms. The van der Waals surface area contributed by atoms with Crippen LogP contribution in [0.15, 0.2) is 56.3 Å². The summed E-state index contributed by atoms with van der Waals surface area (Å²) >= 11 is 0. The van der Waals surface area contributed by atoms with Crippen LogP contribution >= 0.6 is 0 Å². The molecule has 0 saturated carbocycles. The van der Waals surface area contributed by atoms with Crippen molar-refractivity contribution in [2.24, 2.45) is 0 Å². The Morgan fingerprint density at radius 1 is 0.960 bits per heavy atom. The van der Waals surface area contributed by atoms with Crippen molar-refractivity contribution in [3.63, 3.8) is 0 Å². The molecular formula is C22H18O3. The van der Waals surface area contributed by atoms with Gasteiger partial charge < -0.3 is 8.83 Å². The first-order valence-corrected chi connectivity index (χ1v) is 8.79. The molecule has 1 aliphatic carbocycles. The summed E-state index contributed by atoms with van der Waals surface area (Å²) in [4.78, 5) is 12.4. The van der Waals surface area contributed by atoms with E-state index in [1.165, 1.54) is 0 Å². The molecule has 0 spiro atoms. The van der Waals surface area contributed by atoms with E-state index < -0.39 is 0 Å². The third kappa shape index (κ3) is 2.08. The summed E-state index contributed by atoms with van der Waals surface area (Å²) in [5.41, 5.74) is 6.55. The van der Waals surface area contributed by atoms with Crippen LogP contribution in [0.3, 0.4) is 0 Å². The van der Waals surface area contributed by atoms with Gasteiger partial charge in [-0.25, -0.2) is 4.79 Å². The second-order valence-corrected chi connectivity index (χ2v) is 6.84. The Morgan fingerprint density at radius 2 is 1.72 bits per heavy atom. The van der Waals surface area contributed by atoms with Crippen molar-refractivity contribution in [2.75, 3.05) is 0 Å². The first-order valence-electron chi connectivity index (χ1n) is 8.79. The fourth-order valence-electron chi connectivity index (χ4n) is 4.15. The molecule has 0 fully saturated rings. The summed E-state index contributed by atoms with van der Waals surface area (Å²) in [7, 11) is 0. The minimum atomic E-state index is -0.184. The molecule has 2 aromatic carbocycles. The smallest absolute Gasteiger partial charge is 0.339 e. The maximum atomic E-state index is 12.4. The Kier molecular flexibility index (Phi) is 3.11. The van der Waals surface area contributed by atoms with Crippen LogP contribution in [0.5, 0.6) is 0 Å². The Morgan fingerprint density at radius 3 is 2.52 bits per heavy atom. The highest BCUT2D eigenvalue weighted by Crippen LogP contribution is 2.39. The number of hydrogen-bond acceptors (Lipinski definition) is 3. The Labute approximate surface area is 144 Å². The predicted molar refractivity (Wildman–Crippen MR) is 99.1 cm³/mol. The monoisotopic (exact) mass is 330 g/mol. The second kappa shape index (κ2) is 5.35. The zero-order valence-electron chi connectivity index (χ0n) is 14.1. The molecule has 0 N–H and O–H groups in total. The van der Waals surface area contributed by atoms with Gasteiger partial charge in [0.25, 0.3) is 0 Å². The van der Waals surface area contributed by atoms with Gasteiger partial charge in [-0.2, -0.15) is 0 Å². The lowest BCUT2D eigenvalue weighted by Gasteiger charge is -2.16. The third-order valence-electron chi connectivity index (χ3n) is 5.31. The van der Waals surface area contributed by atoms with E-state index in [-0.39, 0.29) is 5.63 Å². The van der Waals surface area contributed by atoms with Gasteiger partial charge in [-0.1, -0.05) is 30.3 Å². The molecule has 0 radical (unpaired) electrons. The van der Waals surface area contributed by atoms with Crippen molar-refractivity contribution in [1.82, 2.24) is 0 Å². The minimum Gasteiger partial charge on any atom is -0.463 e. The van der Waals surface area contributed by atoms with Gasteiger partial charge in [0.2, 0.25) is 0 Å². The summed E-state index contributed by atoms with van der Waals surface area (Å²) in [5.74, 6) is 0. The van der Waals surface area contributed by atoms with E-state index in [1.54, 1.807) is 0 Å². The van der Waals surface area contributed by atoms with Gasteiger partial charge in [0.15, 0.2) is 0 Å². The van der Waals surface area contributed by atoms with E-state index >= 15 is 0 Å². The number of furan rings is 1. The van der Waals surface area contributed by atoms with Crippen molar-refractivity contribution in [1.29, 1.82) is 0 Å². The summed E-state index contributed by atoms with van der Waals surface area (Å²) < 4.78 is 11.7. The van der Waals surface area contributed by atoms with Crippen molar-refractivity contribution in [3.05, 3.63) is 69.8 Å². The van der Waals surface area contributed by atoms with E-state index in [4.69, 9.17) is 8.83 Å². The lowest BCUT2D eigenvalue weighted by Crippen LogP contribution is -2.15. The Hall–Kier alpha value is -2.81. The SMILES string of the molecule is Cc1cc2oc(=O)c3c(c2c2occ(-c4ccccc4)c12)CCCC3. The highest BCUT2D eigenvalue weighted by Gasteiger charge is 2.23. The van der Waals surface area contributed by atoms with Gasteiger partial charge in [0, 0.05) is 16.5 Å².